The van der Waals surface area contributed by atoms with Crippen molar-refractivity contribution in [2.24, 2.45) is 0 Å². The maximum absolute atomic E-state index is 14.3. The Balaban J connectivity index is 1.72. The summed E-state index contributed by atoms with van der Waals surface area (Å²) in [5.41, 5.74) is -0.534. The Kier molecular flexibility index (Phi) is 6.67. The fraction of sp³-hybridized carbons (Fsp3) is 0.476. The summed E-state index contributed by atoms with van der Waals surface area (Å²) in [6.07, 6.45) is 2.59. The number of pyridine rings is 1. The monoisotopic (exact) mass is 431 g/mol. The molecule has 3 rings (SSSR count). The van der Waals surface area contributed by atoms with Crippen molar-refractivity contribution in [2.45, 2.75) is 45.8 Å². The summed E-state index contributed by atoms with van der Waals surface area (Å²) in [7, 11) is 0. The number of nitrogens with one attached hydrogen (secondary N) is 1. The Morgan fingerprint density at radius 1 is 1.32 bits per heavy atom. The lowest BCUT2D eigenvalue weighted by Gasteiger charge is -2.24. The predicted molar refractivity (Wildman–Crippen MR) is 110 cm³/mol. The first kappa shape index (κ1) is 22.4. The van der Waals surface area contributed by atoms with E-state index in [1.54, 1.807) is 39.1 Å². The van der Waals surface area contributed by atoms with Crippen molar-refractivity contribution in [1.29, 1.82) is 0 Å². The number of amides is 2. The highest BCUT2D eigenvalue weighted by atomic mass is 19.1. The van der Waals surface area contributed by atoms with Gasteiger partial charge in [-0.15, -0.1) is 0 Å². The molecular weight excluding hydrogens is 405 g/mol. The van der Waals surface area contributed by atoms with Crippen LogP contribution in [0, 0.1) is 5.82 Å². The van der Waals surface area contributed by atoms with Crippen LogP contribution in [0.3, 0.4) is 0 Å². The van der Waals surface area contributed by atoms with E-state index in [4.69, 9.17) is 9.47 Å². The van der Waals surface area contributed by atoms with Gasteiger partial charge in [-0.05, 0) is 46.2 Å². The smallest absolute Gasteiger partial charge is 0.410 e. The number of nitrogens with zero attached hydrogens (tertiary/aromatic N) is 4. The van der Waals surface area contributed by atoms with Crippen LogP contribution in [0.1, 0.15) is 44.6 Å². The van der Waals surface area contributed by atoms with Gasteiger partial charge in [-0.1, -0.05) is 0 Å². The van der Waals surface area contributed by atoms with Gasteiger partial charge in [-0.25, -0.2) is 24.1 Å². The molecule has 166 valence electrons. The quantitative estimate of drug-likeness (QED) is 0.776. The summed E-state index contributed by atoms with van der Waals surface area (Å²) in [5, 5.41) is 2.74. The minimum atomic E-state index is -0.843. The minimum Gasteiger partial charge on any atom is -0.477 e. The number of halogens is 1. The number of hydrogen-bond donors (Lipinski definition) is 1. The molecule has 2 amide bonds. The molecule has 31 heavy (non-hydrogen) atoms. The minimum absolute atomic E-state index is 0.130. The number of likely N-dealkylation sites (tertiary alicyclic amines) is 1. The van der Waals surface area contributed by atoms with Gasteiger partial charge in [-0.3, -0.25) is 4.79 Å². The van der Waals surface area contributed by atoms with Gasteiger partial charge in [0, 0.05) is 25.3 Å². The molecule has 1 aliphatic rings. The van der Waals surface area contributed by atoms with E-state index in [1.165, 1.54) is 4.90 Å². The molecule has 0 aliphatic carbocycles. The van der Waals surface area contributed by atoms with E-state index in [2.05, 4.69) is 20.3 Å². The molecule has 0 bridgehead atoms. The maximum Gasteiger partial charge on any atom is 0.410 e. The van der Waals surface area contributed by atoms with E-state index < -0.39 is 23.4 Å². The molecular formula is C21H26FN5O4. The van der Waals surface area contributed by atoms with E-state index in [0.717, 1.165) is 6.20 Å². The molecule has 0 aromatic carbocycles. The largest absolute Gasteiger partial charge is 0.477 e. The van der Waals surface area contributed by atoms with Crippen LogP contribution >= 0.6 is 0 Å². The fourth-order valence-electron chi connectivity index (χ4n) is 3.09. The predicted octanol–water partition coefficient (Wildman–Crippen LogP) is 2.82. The topological polar surface area (TPSA) is 107 Å². The summed E-state index contributed by atoms with van der Waals surface area (Å²) >= 11 is 0. The molecule has 1 fully saturated rings. The Morgan fingerprint density at radius 3 is 2.81 bits per heavy atom. The van der Waals surface area contributed by atoms with Crippen LogP contribution in [-0.4, -0.2) is 63.2 Å². The Hall–Kier alpha value is -3.30. The Labute approximate surface area is 180 Å². The Bertz CT molecular complexity index is 963. The molecule has 0 radical (unpaired) electrons. The first-order chi connectivity index (χ1) is 14.7. The summed E-state index contributed by atoms with van der Waals surface area (Å²) in [6, 6.07) is 3.02. The number of carbonyl (C=O) groups excluding carboxylic acids is 2. The van der Waals surface area contributed by atoms with Gasteiger partial charge in [0.2, 0.25) is 5.88 Å². The molecule has 10 heteroatoms. The van der Waals surface area contributed by atoms with Crippen LogP contribution < -0.4 is 10.1 Å². The van der Waals surface area contributed by atoms with Crippen LogP contribution in [-0.2, 0) is 4.74 Å². The van der Waals surface area contributed by atoms with Crippen molar-refractivity contribution in [2.75, 3.05) is 19.7 Å². The first-order valence-corrected chi connectivity index (χ1v) is 10.1. The molecule has 2 aromatic rings. The number of carbonyl (C=O) groups is 2. The van der Waals surface area contributed by atoms with E-state index in [-0.39, 0.29) is 24.1 Å². The van der Waals surface area contributed by atoms with Crippen molar-refractivity contribution in [3.63, 3.8) is 0 Å². The van der Waals surface area contributed by atoms with Gasteiger partial charge in [0.15, 0.2) is 17.3 Å². The standard InChI is InChI=1S/C21H26FN5O4/c1-5-30-19-14(7-6-9-23-19)17-24-11-15(22)16(26-17)18(28)25-13-8-10-27(12-13)20(29)31-21(2,3)4/h6-7,9,11,13H,5,8,10,12H2,1-4H3,(H,25,28). The van der Waals surface area contributed by atoms with Crippen molar-refractivity contribution in [1.82, 2.24) is 25.2 Å². The third kappa shape index (κ3) is 5.65. The zero-order valence-electron chi connectivity index (χ0n) is 18.0. The van der Waals surface area contributed by atoms with Crippen LogP contribution in [0.2, 0.25) is 0 Å². The molecule has 3 heterocycles. The highest BCUT2D eigenvalue weighted by molar-refractivity contribution is 5.93. The van der Waals surface area contributed by atoms with Gasteiger partial charge in [0.05, 0.1) is 18.4 Å². The first-order valence-electron chi connectivity index (χ1n) is 10.1. The van der Waals surface area contributed by atoms with Gasteiger partial charge >= 0.3 is 6.09 Å². The fourth-order valence-corrected chi connectivity index (χ4v) is 3.09. The van der Waals surface area contributed by atoms with Crippen molar-refractivity contribution >= 4 is 12.0 Å². The molecule has 1 saturated heterocycles. The summed E-state index contributed by atoms with van der Waals surface area (Å²) in [5.74, 6) is -1.10. The van der Waals surface area contributed by atoms with E-state index in [9.17, 15) is 14.0 Å². The SMILES string of the molecule is CCOc1ncccc1-c1ncc(F)c(C(=O)NC2CCN(C(=O)OC(C)(C)C)C2)n1. The zero-order chi connectivity index (χ0) is 22.6. The Morgan fingerprint density at radius 2 is 2.10 bits per heavy atom. The van der Waals surface area contributed by atoms with Crippen molar-refractivity contribution in [3.05, 3.63) is 36.0 Å². The lowest BCUT2D eigenvalue weighted by Crippen LogP contribution is -2.40. The molecule has 1 aliphatic heterocycles. The van der Waals surface area contributed by atoms with Crippen LogP contribution in [0.4, 0.5) is 9.18 Å². The third-order valence-corrected chi connectivity index (χ3v) is 4.43. The van der Waals surface area contributed by atoms with Crippen LogP contribution in [0.15, 0.2) is 24.5 Å². The van der Waals surface area contributed by atoms with Gasteiger partial charge in [-0.2, -0.15) is 0 Å². The molecule has 2 aromatic heterocycles. The highest BCUT2D eigenvalue weighted by Crippen LogP contribution is 2.25. The summed E-state index contributed by atoms with van der Waals surface area (Å²) < 4.78 is 25.1. The second-order valence-electron chi connectivity index (χ2n) is 8.06. The average molecular weight is 431 g/mol. The second-order valence-corrected chi connectivity index (χ2v) is 8.06. The highest BCUT2D eigenvalue weighted by Gasteiger charge is 2.31. The average Bonchev–Trinajstić information content (AvgIpc) is 3.16. The van der Waals surface area contributed by atoms with E-state index >= 15 is 0 Å². The second kappa shape index (κ2) is 9.23. The van der Waals surface area contributed by atoms with Crippen LogP contribution in [0.25, 0.3) is 11.4 Å². The van der Waals surface area contributed by atoms with E-state index in [0.29, 0.717) is 31.0 Å². The molecule has 1 N–H and O–H groups in total. The molecule has 1 unspecified atom stereocenters. The van der Waals surface area contributed by atoms with Gasteiger partial charge < -0.3 is 19.7 Å². The van der Waals surface area contributed by atoms with E-state index in [1.807, 2.05) is 6.92 Å². The molecule has 9 nitrogen and oxygen atoms in total. The molecule has 0 saturated carbocycles. The maximum atomic E-state index is 14.3. The number of aromatic nitrogens is 3. The summed E-state index contributed by atoms with van der Waals surface area (Å²) in [6.45, 7) is 8.26. The molecule has 1 atom stereocenters. The van der Waals surface area contributed by atoms with Crippen molar-refractivity contribution in [3.8, 4) is 17.3 Å². The number of hydrogen-bond acceptors (Lipinski definition) is 7. The lowest BCUT2D eigenvalue weighted by atomic mass is 10.2. The normalized spacial score (nSPS) is 16.2. The lowest BCUT2D eigenvalue weighted by molar-refractivity contribution is 0.0290. The van der Waals surface area contributed by atoms with Gasteiger partial charge in [0.1, 0.15) is 5.60 Å². The zero-order valence-corrected chi connectivity index (χ0v) is 18.0. The molecule has 0 spiro atoms. The third-order valence-electron chi connectivity index (χ3n) is 4.43. The number of rotatable bonds is 5. The summed E-state index contributed by atoms with van der Waals surface area (Å²) in [4.78, 5) is 38.6. The van der Waals surface area contributed by atoms with Crippen LogP contribution in [0.5, 0.6) is 5.88 Å². The number of ether oxygens (including phenoxy) is 2. The van der Waals surface area contributed by atoms with Crippen molar-refractivity contribution < 1.29 is 23.5 Å². The van der Waals surface area contributed by atoms with Gasteiger partial charge in [0.25, 0.3) is 5.91 Å².